The van der Waals surface area contributed by atoms with E-state index >= 15 is 0 Å². The molecule has 0 saturated heterocycles. The van der Waals surface area contributed by atoms with Crippen molar-refractivity contribution in [3.05, 3.63) is 53.6 Å². The van der Waals surface area contributed by atoms with Gasteiger partial charge in [-0.15, -0.1) is 0 Å². The minimum atomic E-state index is -3.70. The van der Waals surface area contributed by atoms with Crippen molar-refractivity contribution in [1.82, 2.24) is 0 Å². The highest BCUT2D eigenvalue weighted by Gasteiger charge is 2.34. The lowest BCUT2D eigenvalue weighted by atomic mass is 10.1. The molecule has 0 bridgehead atoms. The van der Waals surface area contributed by atoms with Gasteiger partial charge in [0, 0.05) is 6.42 Å². The molecule has 1 aliphatic rings. The second kappa shape index (κ2) is 6.77. The molecular weight excluding hydrogens is 336 g/mol. The number of hydrogen-bond donors (Lipinski definition) is 0. The average Bonchev–Trinajstić information content (AvgIpc) is 2.59. The molecule has 25 heavy (non-hydrogen) atoms. The summed E-state index contributed by atoms with van der Waals surface area (Å²) in [5.41, 5.74) is 2.40. The van der Waals surface area contributed by atoms with Crippen molar-refractivity contribution >= 4 is 15.7 Å². The van der Waals surface area contributed by atoms with Crippen LogP contribution in [-0.2, 0) is 10.0 Å². The number of sulfonamides is 1. The van der Waals surface area contributed by atoms with E-state index in [9.17, 15) is 8.42 Å². The van der Waals surface area contributed by atoms with Crippen LogP contribution in [0.1, 0.15) is 24.0 Å². The summed E-state index contributed by atoms with van der Waals surface area (Å²) in [6.07, 6.45) is 0.475. The van der Waals surface area contributed by atoms with Crippen LogP contribution in [0.2, 0.25) is 0 Å². The molecule has 0 unspecified atom stereocenters. The van der Waals surface area contributed by atoms with Gasteiger partial charge in [0.05, 0.1) is 23.2 Å². The van der Waals surface area contributed by atoms with E-state index in [1.165, 1.54) is 4.31 Å². The van der Waals surface area contributed by atoms with Gasteiger partial charge in [-0.05, 0) is 55.7 Å². The van der Waals surface area contributed by atoms with Gasteiger partial charge in [-0.3, -0.25) is 4.31 Å². The Hall–Kier alpha value is -2.52. The number of hydrogen-bond acceptors (Lipinski definition) is 4. The van der Waals surface area contributed by atoms with Crippen LogP contribution in [0.3, 0.4) is 0 Å². The van der Waals surface area contributed by atoms with Crippen molar-refractivity contribution in [2.75, 3.05) is 10.8 Å². The van der Waals surface area contributed by atoms with E-state index in [1.54, 1.807) is 24.3 Å². The lowest BCUT2D eigenvalue weighted by Gasteiger charge is -2.35. The quantitative estimate of drug-likeness (QED) is 0.840. The second-order valence-corrected chi connectivity index (χ2v) is 8.12. The maximum atomic E-state index is 13.2. The molecule has 130 valence electrons. The fourth-order valence-corrected chi connectivity index (χ4v) is 4.53. The number of aryl methyl sites for hydroxylation is 2. The molecule has 0 fully saturated rings. The minimum Gasteiger partial charge on any atom is -0.486 e. The van der Waals surface area contributed by atoms with Crippen molar-refractivity contribution in [2.24, 2.45) is 0 Å². The molecule has 6 heteroatoms. The zero-order chi connectivity index (χ0) is 18.0. The lowest BCUT2D eigenvalue weighted by molar-refractivity contribution is 0.191. The number of nitriles is 1. The summed E-state index contributed by atoms with van der Waals surface area (Å²) in [5, 5.41) is 8.83. The zero-order valence-corrected chi connectivity index (χ0v) is 15.1. The molecule has 0 N–H and O–H groups in total. The SMILES string of the molecule is Cc1cccc(S(=O)(=O)N2C[C@H](CCC#N)Oc3ccc(C)cc32)c1. The van der Waals surface area contributed by atoms with Gasteiger partial charge >= 0.3 is 0 Å². The Kier molecular flexibility index (Phi) is 4.69. The number of ether oxygens (including phenoxy) is 1. The van der Waals surface area contributed by atoms with E-state index in [0.717, 1.165) is 11.1 Å². The van der Waals surface area contributed by atoms with Crippen LogP contribution < -0.4 is 9.04 Å². The van der Waals surface area contributed by atoms with Crippen LogP contribution in [0.5, 0.6) is 5.75 Å². The summed E-state index contributed by atoms with van der Waals surface area (Å²) in [7, 11) is -3.70. The third kappa shape index (κ3) is 3.47. The average molecular weight is 356 g/mol. The van der Waals surface area contributed by atoms with Crippen molar-refractivity contribution < 1.29 is 13.2 Å². The summed E-state index contributed by atoms with van der Waals surface area (Å²) in [6, 6.07) is 14.5. The first kappa shape index (κ1) is 17.3. The molecule has 0 saturated carbocycles. The molecule has 3 rings (SSSR count). The van der Waals surface area contributed by atoms with Crippen LogP contribution in [0.25, 0.3) is 0 Å². The zero-order valence-electron chi connectivity index (χ0n) is 14.3. The Balaban J connectivity index is 2.07. The summed E-state index contributed by atoms with van der Waals surface area (Å²) >= 11 is 0. The first-order valence-corrected chi connectivity index (χ1v) is 9.59. The first-order valence-electron chi connectivity index (χ1n) is 8.15. The van der Waals surface area contributed by atoms with Gasteiger partial charge in [-0.25, -0.2) is 8.42 Å². The Morgan fingerprint density at radius 2 is 1.96 bits per heavy atom. The molecule has 2 aromatic rings. The van der Waals surface area contributed by atoms with E-state index in [-0.39, 0.29) is 17.5 Å². The monoisotopic (exact) mass is 356 g/mol. The predicted molar refractivity (Wildman–Crippen MR) is 96.2 cm³/mol. The number of anilines is 1. The van der Waals surface area contributed by atoms with Crippen LogP contribution >= 0.6 is 0 Å². The van der Waals surface area contributed by atoms with Crippen molar-refractivity contribution in [1.29, 1.82) is 5.26 Å². The minimum absolute atomic E-state index is 0.203. The summed E-state index contributed by atoms with van der Waals surface area (Å²) in [5.74, 6) is 0.538. The molecule has 1 heterocycles. The largest absolute Gasteiger partial charge is 0.486 e. The second-order valence-electron chi connectivity index (χ2n) is 6.26. The van der Waals surface area contributed by atoms with Crippen molar-refractivity contribution in [3.63, 3.8) is 0 Å². The summed E-state index contributed by atoms with van der Waals surface area (Å²) < 4.78 is 33.8. The molecule has 0 aromatic heterocycles. The van der Waals surface area contributed by atoms with Crippen molar-refractivity contribution in [2.45, 2.75) is 37.7 Å². The Labute approximate surface area is 148 Å². The Bertz CT molecular complexity index is 932. The lowest BCUT2D eigenvalue weighted by Crippen LogP contribution is -2.43. The molecule has 0 aliphatic carbocycles. The van der Waals surface area contributed by atoms with Gasteiger partial charge in [-0.1, -0.05) is 18.2 Å². The summed E-state index contributed by atoms with van der Waals surface area (Å²) in [4.78, 5) is 0.265. The first-order chi connectivity index (χ1) is 11.9. The highest BCUT2D eigenvalue weighted by atomic mass is 32.2. The van der Waals surface area contributed by atoms with Crippen LogP contribution in [0, 0.1) is 25.2 Å². The molecule has 0 amide bonds. The molecule has 0 spiro atoms. The molecule has 1 atom stereocenters. The van der Waals surface area contributed by atoms with E-state index in [2.05, 4.69) is 6.07 Å². The Morgan fingerprint density at radius 3 is 2.68 bits per heavy atom. The van der Waals surface area contributed by atoms with Gasteiger partial charge in [0.2, 0.25) is 0 Å². The summed E-state index contributed by atoms with van der Waals surface area (Å²) in [6.45, 7) is 3.99. The van der Waals surface area contributed by atoms with Gasteiger partial charge in [0.1, 0.15) is 11.9 Å². The molecule has 1 aliphatic heterocycles. The van der Waals surface area contributed by atoms with Gasteiger partial charge in [0.15, 0.2) is 0 Å². The smallest absolute Gasteiger partial charge is 0.264 e. The number of rotatable bonds is 4. The van der Waals surface area contributed by atoms with Gasteiger partial charge in [0.25, 0.3) is 10.0 Å². The topological polar surface area (TPSA) is 70.4 Å². The molecule has 2 aromatic carbocycles. The molecule has 5 nitrogen and oxygen atoms in total. The van der Waals surface area contributed by atoms with Gasteiger partial charge < -0.3 is 4.74 Å². The molecular formula is C19H20N2O3S. The van der Waals surface area contributed by atoms with Crippen LogP contribution in [0.4, 0.5) is 5.69 Å². The third-order valence-electron chi connectivity index (χ3n) is 4.20. The number of benzene rings is 2. The maximum absolute atomic E-state index is 13.2. The van der Waals surface area contributed by atoms with E-state index < -0.39 is 10.0 Å². The van der Waals surface area contributed by atoms with E-state index in [4.69, 9.17) is 10.00 Å². The standard InChI is InChI=1S/C19H20N2O3S/c1-14-5-3-7-17(11-14)25(22,23)21-13-16(6-4-10-20)24-19-9-8-15(2)12-18(19)21/h3,5,7-9,11-12,16H,4,6,13H2,1-2H3/t16-/m0/s1. The normalized spacial score (nSPS) is 16.7. The van der Waals surface area contributed by atoms with Crippen LogP contribution in [0.15, 0.2) is 47.4 Å². The highest BCUT2D eigenvalue weighted by molar-refractivity contribution is 7.92. The highest BCUT2D eigenvalue weighted by Crippen LogP contribution is 2.38. The fourth-order valence-electron chi connectivity index (χ4n) is 2.93. The number of nitrogens with zero attached hydrogens (tertiary/aromatic N) is 2. The Morgan fingerprint density at radius 1 is 1.20 bits per heavy atom. The third-order valence-corrected chi connectivity index (χ3v) is 5.98. The van der Waals surface area contributed by atoms with E-state index in [0.29, 0.717) is 24.3 Å². The van der Waals surface area contributed by atoms with Gasteiger partial charge in [-0.2, -0.15) is 5.26 Å². The fraction of sp³-hybridized carbons (Fsp3) is 0.316. The van der Waals surface area contributed by atoms with Crippen LogP contribution in [-0.4, -0.2) is 21.1 Å². The number of fused-ring (bicyclic) bond motifs is 1. The van der Waals surface area contributed by atoms with E-state index in [1.807, 2.05) is 32.0 Å². The predicted octanol–water partition coefficient (Wildman–Crippen LogP) is 3.56. The maximum Gasteiger partial charge on any atom is 0.264 e. The van der Waals surface area contributed by atoms with Crippen molar-refractivity contribution in [3.8, 4) is 11.8 Å². The molecule has 0 radical (unpaired) electrons.